The number of carbonyl (C=O) groups excluding carboxylic acids is 2. The van der Waals surface area contributed by atoms with Crippen molar-refractivity contribution in [2.75, 3.05) is 6.61 Å². The molecule has 3 rings (SSSR count). The fourth-order valence-corrected chi connectivity index (χ4v) is 4.34. The molecular weight excluding hydrogens is 352 g/mol. The smallest absolute Gasteiger partial charge is 0.314 e. The van der Waals surface area contributed by atoms with Crippen molar-refractivity contribution in [3.05, 3.63) is 29.8 Å². The molecule has 0 heterocycles. The van der Waals surface area contributed by atoms with Gasteiger partial charge in [0.05, 0.1) is 12.5 Å². The Hall–Kier alpha value is -1.68. The minimum absolute atomic E-state index is 0.0435. The van der Waals surface area contributed by atoms with Crippen LogP contribution in [0.15, 0.2) is 24.3 Å². The van der Waals surface area contributed by atoms with Gasteiger partial charge < -0.3 is 14.3 Å². The molecule has 0 saturated heterocycles. The van der Waals surface area contributed by atoms with E-state index in [1.165, 1.54) is 0 Å². The standard InChI is InChI=1S/C24H34O4/c1-18-3-7-21(8-4-18)23(26)28-22-9-5-20(6-10-22)13-16-27-24(17-25)14-11-19(2)12-15-24/h5-6,9-10,17-19,21H,3-4,7-8,11-16H2,1-2H3. The van der Waals surface area contributed by atoms with Crippen LogP contribution in [0.4, 0.5) is 0 Å². The monoisotopic (exact) mass is 386 g/mol. The molecule has 0 N–H and O–H groups in total. The first kappa shape index (κ1) is 21.0. The molecular formula is C24H34O4. The van der Waals surface area contributed by atoms with Gasteiger partial charge in [-0.15, -0.1) is 0 Å². The SMILES string of the molecule is CC1CCC(C(=O)Oc2ccc(CCOC3(C=O)CCC(C)CC3)cc2)CC1. The van der Waals surface area contributed by atoms with Crippen molar-refractivity contribution in [1.29, 1.82) is 0 Å². The number of benzene rings is 1. The van der Waals surface area contributed by atoms with Gasteiger partial charge >= 0.3 is 5.97 Å². The molecule has 0 spiro atoms. The molecule has 28 heavy (non-hydrogen) atoms. The third-order valence-electron chi connectivity index (χ3n) is 6.61. The van der Waals surface area contributed by atoms with E-state index in [-0.39, 0.29) is 11.9 Å². The van der Waals surface area contributed by atoms with Crippen molar-refractivity contribution in [3.8, 4) is 5.75 Å². The minimum atomic E-state index is -0.584. The van der Waals surface area contributed by atoms with Gasteiger partial charge in [0.1, 0.15) is 11.4 Å². The highest BCUT2D eigenvalue weighted by Crippen LogP contribution is 2.33. The predicted molar refractivity (Wildman–Crippen MR) is 109 cm³/mol. The van der Waals surface area contributed by atoms with Gasteiger partial charge in [-0.1, -0.05) is 26.0 Å². The lowest BCUT2D eigenvalue weighted by Crippen LogP contribution is -2.39. The Balaban J connectivity index is 1.44. The van der Waals surface area contributed by atoms with Crippen LogP contribution in [0.1, 0.15) is 70.8 Å². The van der Waals surface area contributed by atoms with Gasteiger partial charge in [-0.3, -0.25) is 4.79 Å². The van der Waals surface area contributed by atoms with E-state index in [4.69, 9.17) is 9.47 Å². The Bertz CT molecular complexity index is 635. The van der Waals surface area contributed by atoms with Crippen LogP contribution in [-0.4, -0.2) is 24.5 Å². The second kappa shape index (κ2) is 9.69. The van der Waals surface area contributed by atoms with Gasteiger partial charge in [-0.05, 0) is 87.3 Å². The Labute approximate surface area is 169 Å². The lowest BCUT2D eigenvalue weighted by atomic mass is 9.80. The molecule has 154 valence electrons. The number of hydrogen-bond acceptors (Lipinski definition) is 4. The van der Waals surface area contributed by atoms with E-state index >= 15 is 0 Å². The summed E-state index contributed by atoms with van der Waals surface area (Å²) in [5.74, 6) is 1.97. The summed E-state index contributed by atoms with van der Waals surface area (Å²) in [6, 6.07) is 7.67. The minimum Gasteiger partial charge on any atom is -0.426 e. The zero-order chi connectivity index (χ0) is 20.0. The molecule has 0 atom stereocenters. The molecule has 2 aliphatic carbocycles. The maximum atomic E-state index is 12.3. The quantitative estimate of drug-likeness (QED) is 0.370. The van der Waals surface area contributed by atoms with Crippen molar-refractivity contribution >= 4 is 12.3 Å². The summed E-state index contributed by atoms with van der Waals surface area (Å²) in [5, 5.41) is 0. The summed E-state index contributed by atoms with van der Waals surface area (Å²) in [4.78, 5) is 23.9. The second-order valence-electron chi connectivity index (χ2n) is 8.99. The first-order chi connectivity index (χ1) is 13.5. The van der Waals surface area contributed by atoms with Crippen LogP contribution < -0.4 is 4.74 Å². The van der Waals surface area contributed by atoms with E-state index in [9.17, 15) is 9.59 Å². The number of hydrogen-bond donors (Lipinski definition) is 0. The highest BCUT2D eigenvalue weighted by molar-refractivity contribution is 5.75. The predicted octanol–water partition coefficient (Wildman–Crippen LogP) is 5.13. The molecule has 4 heteroatoms. The van der Waals surface area contributed by atoms with E-state index in [1.807, 2.05) is 24.3 Å². The maximum absolute atomic E-state index is 12.3. The molecule has 0 aromatic heterocycles. The third-order valence-corrected chi connectivity index (χ3v) is 6.61. The maximum Gasteiger partial charge on any atom is 0.314 e. The number of rotatable bonds is 7. The van der Waals surface area contributed by atoms with E-state index in [2.05, 4.69) is 13.8 Å². The topological polar surface area (TPSA) is 52.6 Å². The van der Waals surface area contributed by atoms with Crippen LogP contribution in [0.3, 0.4) is 0 Å². The zero-order valence-electron chi connectivity index (χ0n) is 17.3. The van der Waals surface area contributed by atoms with Crippen LogP contribution in [-0.2, 0) is 20.7 Å². The van der Waals surface area contributed by atoms with E-state index in [0.29, 0.717) is 18.3 Å². The first-order valence-electron chi connectivity index (χ1n) is 10.9. The highest BCUT2D eigenvalue weighted by Gasteiger charge is 2.34. The van der Waals surface area contributed by atoms with Crippen LogP contribution in [0.5, 0.6) is 5.75 Å². The molecule has 1 aromatic carbocycles. The van der Waals surface area contributed by atoms with Gasteiger partial charge in [0.25, 0.3) is 0 Å². The summed E-state index contributed by atoms with van der Waals surface area (Å²) >= 11 is 0. The van der Waals surface area contributed by atoms with Crippen molar-refractivity contribution in [2.24, 2.45) is 17.8 Å². The molecule has 2 aliphatic rings. The van der Waals surface area contributed by atoms with Crippen molar-refractivity contribution in [3.63, 3.8) is 0 Å². The number of aldehydes is 1. The Morgan fingerprint density at radius 3 is 2.21 bits per heavy atom. The van der Waals surface area contributed by atoms with E-state index in [0.717, 1.165) is 75.6 Å². The Morgan fingerprint density at radius 1 is 1.00 bits per heavy atom. The van der Waals surface area contributed by atoms with E-state index in [1.54, 1.807) is 0 Å². The fraction of sp³-hybridized carbons (Fsp3) is 0.667. The number of ether oxygens (including phenoxy) is 2. The number of carbonyl (C=O) groups is 2. The first-order valence-corrected chi connectivity index (χ1v) is 10.9. The summed E-state index contributed by atoms with van der Waals surface area (Å²) < 4.78 is 11.6. The van der Waals surface area contributed by atoms with Gasteiger partial charge in [0.15, 0.2) is 6.29 Å². The fourth-order valence-electron chi connectivity index (χ4n) is 4.34. The summed E-state index contributed by atoms with van der Waals surface area (Å²) in [5.41, 5.74) is 0.538. The molecule has 4 nitrogen and oxygen atoms in total. The summed E-state index contributed by atoms with van der Waals surface area (Å²) in [6.45, 7) is 5.01. The average Bonchev–Trinajstić information content (AvgIpc) is 2.71. The molecule has 1 aromatic rings. The van der Waals surface area contributed by atoms with Crippen LogP contribution in [0.2, 0.25) is 0 Å². The van der Waals surface area contributed by atoms with Crippen LogP contribution in [0, 0.1) is 17.8 Å². The Kier molecular flexibility index (Phi) is 7.28. The van der Waals surface area contributed by atoms with Gasteiger partial charge in [0.2, 0.25) is 0 Å². The van der Waals surface area contributed by atoms with Gasteiger partial charge in [-0.2, -0.15) is 0 Å². The Morgan fingerprint density at radius 2 is 1.61 bits per heavy atom. The lowest BCUT2D eigenvalue weighted by molar-refractivity contribution is -0.140. The average molecular weight is 387 g/mol. The molecule has 0 unspecified atom stereocenters. The molecule has 0 bridgehead atoms. The normalized spacial score (nSPS) is 30.6. The van der Waals surface area contributed by atoms with Crippen LogP contribution >= 0.6 is 0 Å². The highest BCUT2D eigenvalue weighted by atomic mass is 16.5. The summed E-state index contributed by atoms with van der Waals surface area (Å²) in [6.07, 6.45) is 9.61. The molecule has 0 amide bonds. The number of esters is 1. The molecule has 2 saturated carbocycles. The molecule has 0 aliphatic heterocycles. The lowest BCUT2D eigenvalue weighted by Gasteiger charge is -2.34. The van der Waals surface area contributed by atoms with E-state index < -0.39 is 5.60 Å². The molecule has 0 radical (unpaired) electrons. The second-order valence-corrected chi connectivity index (χ2v) is 8.99. The van der Waals surface area contributed by atoms with Crippen molar-refractivity contribution in [2.45, 2.75) is 77.2 Å². The largest absolute Gasteiger partial charge is 0.426 e. The van der Waals surface area contributed by atoms with Crippen molar-refractivity contribution in [1.82, 2.24) is 0 Å². The van der Waals surface area contributed by atoms with Crippen molar-refractivity contribution < 1.29 is 19.1 Å². The van der Waals surface area contributed by atoms with Gasteiger partial charge in [-0.25, -0.2) is 0 Å². The third kappa shape index (κ3) is 5.66. The zero-order valence-corrected chi connectivity index (χ0v) is 17.3. The van der Waals surface area contributed by atoms with Gasteiger partial charge in [0, 0.05) is 0 Å². The summed E-state index contributed by atoms with van der Waals surface area (Å²) in [7, 11) is 0. The molecule has 2 fully saturated rings. The van der Waals surface area contributed by atoms with Crippen LogP contribution in [0.25, 0.3) is 0 Å².